The van der Waals surface area contributed by atoms with Crippen molar-refractivity contribution in [2.45, 2.75) is 20.8 Å². The third-order valence-electron chi connectivity index (χ3n) is 5.39. The molecule has 0 saturated heterocycles. The predicted octanol–water partition coefficient (Wildman–Crippen LogP) is 5.55. The third-order valence-corrected chi connectivity index (χ3v) is 5.39. The number of hydrogen-bond acceptors (Lipinski definition) is 2. The Morgan fingerprint density at radius 1 is 0.926 bits per heavy atom. The summed E-state index contributed by atoms with van der Waals surface area (Å²) in [7, 11) is 2.08. The lowest BCUT2D eigenvalue weighted by Crippen LogP contribution is -2.30. The molecule has 3 heteroatoms. The fraction of sp³-hybridized carbons (Fsp3) is 0.167. The van der Waals surface area contributed by atoms with Gasteiger partial charge in [-0.15, -0.1) is 0 Å². The molecule has 5 rings (SSSR count). The number of nitrogens with zero attached hydrogens (tertiary/aromatic N) is 2. The number of hydrogen-bond donors (Lipinski definition) is 0. The first-order valence-corrected chi connectivity index (χ1v) is 9.22. The van der Waals surface area contributed by atoms with E-state index in [0.717, 1.165) is 38.5 Å². The molecule has 3 heterocycles. The fourth-order valence-electron chi connectivity index (χ4n) is 4.08. The van der Waals surface area contributed by atoms with E-state index >= 15 is 0 Å². The molecule has 2 aromatic carbocycles. The van der Waals surface area contributed by atoms with Crippen LogP contribution < -0.4 is 4.57 Å². The van der Waals surface area contributed by atoms with Gasteiger partial charge in [0.1, 0.15) is 7.05 Å². The van der Waals surface area contributed by atoms with Crippen LogP contribution in [-0.4, -0.2) is 4.98 Å². The Labute approximate surface area is 157 Å². The molecular formula is C24H21N2O+. The molecule has 0 atom stereocenters. The minimum Gasteiger partial charge on any atom is -0.437 e. The van der Waals surface area contributed by atoms with Crippen molar-refractivity contribution < 1.29 is 8.98 Å². The van der Waals surface area contributed by atoms with E-state index in [-0.39, 0.29) is 0 Å². The Balaban J connectivity index is 1.97. The maximum Gasteiger partial charge on any atom is 0.227 e. The van der Waals surface area contributed by atoms with Gasteiger partial charge in [0, 0.05) is 28.3 Å². The van der Waals surface area contributed by atoms with Crippen LogP contribution in [0.4, 0.5) is 0 Å². The summed E-state index contributed by atoms with van der Waals surface area (Å²) in [5.74, 6) is 0. The lowest BCUT2D eigenvalue weighted by atomic mass is 9.96. The van der Waals surface area contributed by atoms with Crippen LogP contribution in [0.5, 0.6) is 0 Å². The summed E-state index contributed by atoms with van der Waals surface area (Å²) in [6, 6.07) is 17.0. The second-order valence-electron chi connectivity index (χ2n) is 7.43. The van der Waals surface area contributed by atoms with Crippen LogP contribution in [0.2, 0.25) is 0 Å². The SMILES string of the molecule is Cc1cc[n+](C)c(-c2c(C)cc(C)c3c2oc2nc4ccccc4cc23)c1. The average Bonchev–Trinajstić information content (AvgIpc) is 3.00. The quantitative estimate of drug-likeness (QED) is 0.370. The van der Waals surface area contributed by atoms with E-state index in [0.29, 0.717) is 5.71 Å². The van der Waals surface area contributed by atoms with E-state index in [1.54, 1.807) is 0 Å². The average molecular weight is 353 g/mol. The number of para-hydroxylation sites is 1. The van der Waals surface area contributed by atoms with Crippen LogP contribution in [0.25, 0.3) is 44.2 Å². The zero-order valence-corrected chi connectivity index (χ0v) is 16.0. The van der Waals surface area contributed by atoms with Crippen LogP contribution in [0, 0.1) is 20.8 Å². The van der Waals surface area contributed by atoms with Crippen molar-refractivity contribution in [1.82, 2.24) is 4.98 Å². The Bertz CT molecular complexity index is 1360. The van der Waals surface area contributed by atoms with Gasteiger partial charge >= 0.3 is 0 Å². The molecule has 5 aromatic rings. The largest absolute Gasteiger partial charge is 0.437 e. The maximum atomic E-state index is 6.38. The van der Waals surface area contributed by atoms with Gasteiger partial charge < -0.3 is 4.42 Å². The van der Waals surface area contributed by atoms with Crippen molar-refractivity contribution in [2.75, 3.05) is 0 Å². The molecule has 0 aliphatic rings. The van der Waals surface area contributed by atoms with Crippen molar-refractivity contribution in [2.24, 2.45) is 7.05 Å². The van der Waals surface area contributed by atoms with Gasteiger partial charge in [0.2, 0.25) is 11.4 Å². The van der Waals surface area contributed by atoms with E-state index in [1.807, 2.05) is 18.2 Å². The van der Waals surface area contributed by atoms with Gasteiger partial charge in [0.15, 0.2) is 11.8 Å². The van der Waals surface area contributed by atoms with Crippen LogP contribution in [0.3, 0.4) is 0 Å². The molecule has 0 spiro atoms. The molecule has 0 unspecified atom stereocenters. The zero-order valence-electron chi connectivity index (χ0n) is 16.0. The normalized spacial score (nSPS) is 11.7. The van der Waals surface area contributed by atoms with Gasteiger partial charge in [0.25, 0.3) is 0 Å². The van der Waals surface area contributed by atoms with Gasteiger partial charge in [-0.25, -0.2) is 9.55 Å². The summed E-state index contributed by atoms with van der Waals surface area (Å²) in [5, 5.41) is 3.37. The van der Waals surface area contributed by atoms with Gasteiger partial charge in [-0.1, -0.05) is 24.3 Å². The highest BCUT2D eigenvalue weighted by Gasteiger charge is 2.22. The lowest BCUT2D eigenvalue weighted by molar-refractivity contribution is -0.660. The highest BCUT2D eigenvalue weighted by Crippen LogP contribution is 2.39. The summed E-state index contributed by atoms with van der Waals surface area (Å²) < 4.78 is 8.53. The molecule has 0 amide bonds. The van der Waals surface area contributed by atoms with Crippen molar-refractivity contribution >= 4 is 33.0 Å². The summed E-state index contributed by atoms with van der Waals surface area (Å²) in [6.07, 6.45) is 2.10. The summed E-state index contributed by atoms with van der Waals surface area (Å²) >= 11 is 0. The van der Waals surface area contributed by atoms with Gasteiger partial charge in [-0.2, -0.15) is 0 Å². The minimum atomic E-state index is 0.703. The van der Waals surface area contributed by atoms with Crippen LogP contribution in [0.1, 0.15) is 16.7 Å². The van der Waals surface area contributed by atoms with Crippen molar-refractivity contribution in [3.05, 3.63) is 71.4 Å². The first-order valence-electron chi connectivity index (χ1n) is 9.22. The second-order valence-corrected chi connectivity index (χ2v) is 7.43. The first-order chi connectivity index (χ1) is 13.0. The maximum absolute atomic E-state index is 6.38. The molecule has 0 saturated carbocycles. The van der Waals surface area contributed by atoms with Crippen LogP contribution >= 0.6 is 0 Å². The highest BCUT2D eigenvalue weighted by molar-refractivity contribution is 6.12. The van der Waals surface area contributed by atoms with Crippen LogP contribution in [-0.2, 0) is 7.05 Å². The topological polar surface area (TPSA) is 29.9 Å². The Kier molecular flexibility index (Phi) is 3.35. The number of aryl methyl sites for hydroxylation is 4. The van der Waals surface area contributed by atoms with Crippen molar-refractivity contribution in [1.29, 1.82) is 0 Å². The van der Waals surface area contributed by atoms with Gasteiger partial charge in [0.05, 0.1) is 11.1 Å². The van der Waals surface area contributed by atoms with Crippen LogP contribution in [0.15, 0.2) is 59.1 Å². The fourth-order valence-corrected chi connectivity index (χ4v) is 4.08. The molecule has 0 fully saturated rings. The van der Waals surface area contributed by atoms with E-state index in [2.05, 4.69) is 68.9 Å². The molecule has 0 aliphatic carbocycles. The van der Waals surface area contributed by atoms with E-state index < -0.39 is 0 Å². The predicted molar refractivity (Wildman–Crippen MR) is 110 cm³/mol. The molecule has 0 radical (unpaired) electrons. The molecule has 3 aromatic heterocycles. The van der Waals surface area contributed by atoms with Gasteiger partial charge in [-0.3, -0.25) is 0 Å². The Morgan fingerprint density at radius 2 is 1.74 bits per heavy atom. The highest BCUT2D eigenvalue weighted by atomic mass is 16.3. The van der Waals surface area contributed by atoms with E-state index in [1.165, 1.54) is 16.7 Å². The molecule has 0 N–H and O–H groups in total. The smallest absolute Gasteiger partial charge is 0.227 e. The number of aromatic nitrogens is 2. The molecule has 0 bridgehead atoms. The monoisotopic (exact) mass is 353 g/mol. The van der Waals surface area contributed by atoms with Crippen molar-refractivity contribution in [3.63, 3.8) is 0 Å². The Morgan fingerprint density at radius 3 is 2.59 bits per heavy atom. The summed E-state index contributed by atoms with van der Waals surface area (Å²) in [4.78, 5) is 4.79. The minimum absolute atomic E-state index is 0.703. The van der Waals surface area contributed by atoms with E-state index in [4.69, 9.17) is 9.40 Å². The summed E-state index contributed by atoms with van der Waals surface area (Å²) in [6.45, 7) is 6.43. The number of benzene rings is 2. The molecule has 0 aliphatic heterocycles. The van der Waals surface area contributed by atoms with E-state index in [9.17, 15) is 0 Å². The lowest BCUT2D eigenvalue weighted by Gasteiger charge is -2.08. The van der Waals surface area contributed by atoms with Crippen molar-refractivity contribution in [3.8, 4) is 11.3 Å². The second kappa shape index (κ2) is 5.65. The molecule has 132 valence electrons. The standard InChI is InChI=1S/C24H21N2O/c1-14-9-10-26(4)20(11-14)22-16(3)12-15(2)21-18-13-17-7-5-6-8-19(17)25-24(18)27-23(21)22/h5-13H,1-4H3/q+1. The number of rotatable bonds is 1. The summed E-state index contributed by atoms with van der Waals surface area (Å²) in [5.41, 5.74) is 8.55. The number of pyridine rings is 2. The first kappa shape index (κ1) is 16.0. The third kappa shape index (κ3) is 2.35. The Hall–Kier alpha value is -3.20. The zero-order chi connectivity index (χ0) is 18.7. The number of furan rings is 1. The molecular weight excluding hydrogens is 332 g/mol. The molecule has 3 nitrogen and oxygen atoms in total. The number of fused-ring (bicyclic) bond motifs is 4. The van der Waals surface area contributed by atoms with Gasteiger partial charge in [-0.05, 0) is 49.6 Å². The molecule has 27 heavy (non-hydrogen) atoms.